The molecule has 2 heterocycles. The van der Waals surface area contributed by atoms with E-state index in [1.807, 2.05) is 18.2 Å². The van der Waals surface area contributed by atoms with E-state index in [9.17, 15) is 14.7 Å². The number of aromatic amines is 1. The molecule has 0 spiro atoms. The fourth-order valence-corrected chi connectivity index (χ4v) is 2.37. The van der Waals surface area contributed by atoms with E-state index in [-0.39, 0.29) is 18.2 Å². The van der Waals surface area contributed by atoms with Crippen LogP contribution in [0.4, 0.5) is 5.69 Å². The minimum atomic E-state index is -0.462. The molecule has 3 N–H and O–H groups in total. The molecule has 0 aliphatic rings. The summed E-state index contributed by atoms with van der Waals surface area (Å²) < 4.78 is 1.52. The fraction of sp³-hybridized carbons (Fsp3) is 0.118. The second-order valence-electron chi connectivity index (χ2n) is 5.34. The van der Waals surface area contributed by atoms with E-state index in [0.29, 0.717) is 11.4 Å². The molecule has 0 radical (unpaired) electrons. The summed E-state index contributed by atoms with van der Waals surface area (Å²) in [5, 5.41) is 12.5. The van der Waals surface area contributed by atoms with Gasteiger partial charge >= 0.3 is 0 Å². The van der Waals surface area contributed by atoms with Gasteiger partial charge in [-0.3, -0.25) is 9.59 Å². The zero-order chi connectivity index (χ0) is 17.1. The van der Waals surface area contributed by atoms with Crippen LogP contribution in [-0.4, -0.2) is 25.5 Å². The summed E-state index contributed by atoms with van der Waals surface area (Å²) in [5.41, 5.74) is 2.30. The maximum absolute atomic E-state index is 12.2. The van der Waals surface area contributed by atoms with E-state index in [1.54, 1.807) is 25.5 Å². The van der Waals surface area contributed by atoms with E-state index in [4.69, 9.17) is 0 Å². The van der Waals surface area contributed by atoms with Crippen LogP contribution in [0.25, 0.3) is 11.3 Å². The lowest BCUT2D eigenvalue weighted by Crippen LogP contribution is -2.21. The first-order chi connectivity index (χ1) is 11.5. The maximum Gasteiger partial charge on any atom is 0.244 e. The van der Waals surface area contributed by atoms with Gasteiger partial charge in [0.2, 0.25) is 11.3 Å². The quantitative estimate of drug-likeness (QED) is 0.682. The second kappa shape index (κ2) is 6.41. The summed E-state index contributed by atoms with van der Waals surface area (Å²) in [4.78, 5) is 30.5. The number of H-pyrrole nitrogens is 1. The van der Waals surface area contributed by atoms with Crippen LogP contribution in [0, 0.1) is 6.92 Å². The summed E-state index contributed by atoms with van der Waals surface area (Å²) in [6.07, 6.45) is 4.78. The van der Waals surface area contributed by atoms with Crippen LogP contribution >= 0.6 is 0 Å². The predicted molar refractivity (Wildman–Crippen MR) is 89.8 cm³/mol. The molecule has 0 bridgehead atoms. The first-order valence-corrected chi connectivity index (χ1v) is 7.32. The molecule has 3 rings (SSSR count). The lowest BCUT2D eigenvalue weighted by molar-refractivity contribution is -0.116. The van der Waals surface area contributed by atoms with Crippen LogP contribution in [0.2, 0.25) is 0 Å². The molecule has 0 aliphatic heterocycles. The maximum atomic E-state index is 12.2. The molecule has 1 aromatic carbocycles. The lowest BCUT2D eigenvalue weighted by atomic mass is 10.1. The van der Waals surface area contributed by atoms with E-state index in [1.165, 1.54) is 16.8 Å². The van der Waals surface area contributed by atoms with Crippen molar-refractivity contribution in [1.82, 2.24) is 14.5 Å². The van der Waals surface area contributed by atoms with Gasteiger partial charge in [-0.25, -0.2) is 4.98 Å². The summed E-state index contributed by atoms with van der Waals surface area (Å²) in [6.45, 7) is 1.58. The van der Waals surface area contributed by atoms with Crippen molar-refractivity contribution in [3.05, 3.63) is 65.0 Å². The molecule has 0 unspecified atom stereocenters. The SMILES string of the molecule is Cc1c(O)c(=O)ccn1CC(=O)Nc1cccc(-c2cnc[nH]2)c1. The number of hydrogen-bond donors (Lipinski definition) is 3. The van der Waals surface area contributed by atoms with Crippen LogP contribution in [0.3, 0.4) is 0 Å². The Morgan fingerprint density at radius 1 is 1.38 bits per heavy atom. The molecular formula is C17H16N4O3. The van der Waals surface area contributed by atoms with Gasteiger partial charge in [0.1, 0.15) is 6.54 Å². The Kier molecular flexibility index (Phi) is 4.15. The van der Waals surface area contributed by atoms with E-state index >= 15 is 0 Å². The van der Waals surface area contributed by atoms with Crippen LogP contribution in [0.15, 0.2) is 53.8 Å². The second-order valence-corrected chi connectivity index (χ2v) is 5.34. The molecule has 0 aliphatic carbocycles. The monoisotopic (exact) mass is 324 g/mol. The Bertz CT molecular complexity index is 929. The molecule has 24 heavy (non-hydrogen) atoms. The highest BCUT2D eigenvalue weighted by Gasteiger charge is 2.09. The third-order valence-electron chi connectivity index (χ3n) is 3.68. The number of carbonyl (C=O) groups is 1. The van der Waals surface area contributed by atoms with Crippen LogP contribution in [0.5, 0.6) is 5.75 Å². The third kappa shape index (κ3) is 3.19. The molecule has 0 fully saturated rings. The van der Waals surface area contributed by atoms with Gasteiger partial charge in [-0.05, 0) is 19.1 Å². The number of imidazole rings is 1. The summed E-state index contributed by atoms with van der Waals surface area (Å²) in [5.74, 6) is -0.602. The van der Waals surface area contributed by atoms with Crippen LogP contribution < -0.4 is 10.7 Å². The van der Waals surface area contributed by atoms with Gasteiger partial charge in [-0.2, -0.15) is 0 Å². The van der Waals surface area contributed by atoms with Crippen molar-refractivity contribution >= 4 is 11.6 Å². The van der Waals surface area contributed by atoms with Crippen molar-refractivity contribution in [2.75, 3.05) is 5.32 Å². The molecule has 7 nitrogen and oxygen atoms in total. The number of aromatic nitrogens is 3. The minimum Gasteiger partial charge on any atom is -0.503 e. The number of aromatic hydroxyl groups is 1. The van der Waals surface area contributed by atoms with Crippen molar-refractivity contribution in [1.29, 1.82) is 0 Å². The lowest BCUT2D eigenvalue weighted by Gasteiger charge is -2.12. The van der Waals surface area contributed by atoms with Crippen molar-refractivity contribution < 1.29 is 9.90 Å². The zero-order valence-electron chi connectivity index (χ0n) is 13.0. The molecule has 1 amide bonds. The summed E-state index contributed by atoms with van der Waals surface area (Å²) in [6, 6.07) is 8.60. The van der Waals surface area contributed by atoms with Crippen molar-refractivity contribution in [3.8, 4) is 17.0 Å². The van der Waals surface area contributed by atoms with Gasteiger partial charge in [-0.15, -0.1) is 0 Å². The normalized spacial score (nSPS) is 10.5. The Morgan fingerprint density at radius 2 is 2.21 bits per heavy atom. The van der Waals surface area contributed by atoms with Crippen LogP contribution in [0.1, 0.15) is 5.69 Å². The number of carbonyl (C=O) groups excluding carboxylic acids is 1. The predicted octanol–water partition coefficient (Wildman–Crippen LogP) is 1.89. The summed E-state index contributed by atoms with van der Waals surface area (Å²) in [7, 11) is 0. The number of rotatable bonds is 4. The van der Waals surface area contributed by atoms with Crippen molar-refractivity contribution in [3.63, 3.8) is 0 Å². The smallest absolute Gasteiger partial charge is 0.244 e. The molecule has 0 saturated carbocycles. The highest BCUT2D eigenvalue weighted by molar-refractivity contribution is 5.91. The van der Waals surface area contributed by atoms with Crippen molar-refractivity contribution in [2.45, 2.75) is 13.5 Å². The number of benzene rings is 1. The van der Waals surface area contributed by atoms with Gasteiger partial charge in [0.15, 0.2) is 5.75 Å². The topological polar surface area (TPSA) is 100 Å². The fourth-order valence-electron chi connectivity index (χ4n) is 2.37. The third-order valence-corrected chi connectivity index (χ3v) is 3.68. The largest absolute Gasteiger partial charge is 0.503 e. The highest BCUT2D eigenvalue weighted by Crippen LogP contribution is 2.20. The van der Waals surface area contributed by atoms with E-state index in [2.05, 4.69) is 15.3 Å². The molecule has 122 valence electrons. The number of nitrogens with one attached hydrogen (secondary N) is 2. The van der Waals surface area contributed by atoms with Crippen LogP contribution in [-0.2, 0) is 11.3 Å². The molecule has 7 heteroatoms. The molecule has 3 aromatic rings. The number of pyridine rings is 1. The van der Waals surface area contributed by atoms with Crippen molar-refractivity contribution in [2.24, 2.45) is 0 Å². The number of hydrogen-bond acceptors (Lipinski definition) is 4. The van der Waals surface area contributed by atoms with E-state index in [0.717, 1.165) is 11.3 Å². The van der Waals surface area contributed by atoms with Gasteiger partial charge in [0.25, 0.3) is 0 Å². The molecule has 0 atom stereocenters. The highest BCUT2D eigenvalue weighted by atomic mass is 16.3. The first kappa shape index (κ1) is 15.5. The Labute approximate surface area is 137 Å². The van der Waals surface area contributed by atoms with E-state index < -0.39 is 5.43 Å². The Balaban J connectivity index is 1.75. The van der Waals surface area contributed by atoms with Gasteiger partial charge < -0.3 is 20.0 Å². The average Bonchev–Trinajstić information content (AvgIpc) is 3.10. The zero-order valence-corrected chi connectivity index (χ0v) is 13.0. The van der Waals surface area contributed by atoms with Gasteiger partial charge in [0.05, 0.1) is 23.9 Å². The first-order valence-electron chi connectivity index (χ1n) is 7.32. The molecule has 0 saturated heterocycles. The Morgan fingerprint density at radius 3 is 2.96 bits per heavy atom. The summed E-state index contributed by atoms with van der Waals surface area (Å²) >= 11 is 0. The molecule has 2 aromatic heterocycles. The minimum absolute atomic E-state index is 0.00599. The number of amides is 1. The van der Waals surface area contributed by atoms with Gasteiger partial charge in [0, 0.05) is 23.5 Å². The number of anilines is 1. The number of nitrogens with zero attached hydrogens (tertiary/aromatic N) is 2. The average molecular weight is 324 g/mol. The standard InChI is InChI=1S/C17H16N4O3/c1-11-17(24)15(22)5-6-21(11)9-16(23)20-13-4-2-3-12(7-13)14-8-18-10-19-14/h2-8,10,24H,9H2,1H3,(H,18,19)(H,20,23). The molecular weight excluding hydrogens is 308 g/mol. The Hall–Kier alpha value is -3.35. The van der Waals surface area contributed by atoms with Gasteiger partial charge in [-0.1, -0.05) is 12.1 Å².